The summed E-state index contributed by atoms with van der Waals surface area (Å²) in [4.78, 5) is 14.0. The van der Waals surface area contributed by atoms with Crippen molar-refractivity contribution < 1.29 is 18.3 Å². The van der Waals surface area contributed by atoms with Crippen molar-refractivity contribution in [3.8, 4) is 11.5 Å². The summed E-state index contributed by atoms with van der Waals surface area (Å²) in [6, 6.07) is 5.99. The first-order valence-electron chi connectivity index (χ1n) is 4.98. The number of aromatic nitrogens is 1. The fourth-order valence-electron chi connectivity index (χ4n) is 1.27. The molecule has 18 heavy (non-hydrogen) atoms. The van der Waals surface area contributed by atoms with Crippen LogP contribution in [0.5, 0.6) is 11.5 Å². The van der Waals surface area contributed by atoms with Crippen LogP contribution in [0, 0.1) is 11.6 Å². The van der Waals surface area contributed by atoms with E-state index in [-0.39, 0.29) is 11.5 Å². The first-order chi connectivity index (χ1) is 8.69. The summed E-state index contributed by atoms with van der Waals surface area (Å²) in [5.41, 5.74) is 0. The van der Waals surface area contributed by atoms with E-state index in [2.05, 4.69) is 10.3 Å². The predicted molar refractivity (Wildman–Crippen MR) is 60.4 cm³/mol. The predicted octanol–water partition coefficient (Wildman–Crippen LogP) is 2.72. The molecule has 1 heterocycles. The van der Waals surface area contributed by atoms with Gasteiger partial charge in [0.1, 0.15) is 17.4 Å². The first kappa shape index (κ1) is 12.0. The number of nitrogens with one attached hydrogen (secondary N) is 1. The molecule has 0 bridgehead atoms. The zero-order valence-corrected chi connectivity index (χ0v) is 9.06. The van der Waals surface area contributed by atoms with Gasteiger partial charge in [-0.25, -0.2) is 13.8 Å². The summed E-state index contributed by atoms with van der Waals surface area (Å²) in [6.07, 6.45) is 1.80. The Morgan fingerprint density at radius 2 is 2.06 bits per heavy atom. The lowest BCUT2D eigenvalue weighted by Gasteiger charge is -2.06. The van der Waals surface area contributed by atoms with Crippen molar-refractivity contribution in [2.75, 3.05) is 5.32 Å². The zero-order valence-electron chi connectivity index (χ0n) is 9.06. The molecule has 0 aliphatic carbocycles. The van der Waals surface area contributed by atoms with Crippen molar-refractivity contribution in [3.05, 3.63) is 48.2 Å². The molecule has 0 spiro atoms. The van der Waals surface area contributed by atoms with Gasteiger partial charge in [-0.3, -0.25) is 4.79 Å². The molecule has 0 aliphatic rings. The van der Waals surface area contributed by atoms with Gasteiger partial charge in [0.25, 0.3) is 0 Å². The number of ether oxygens (including phenoxy) is 1. The van der Waals surface area contributed by atoms with Crippen LogP contribution in [0.4, 0.5) is 14.6 Å². The van der Waals surface area contributed by atoms with Crippen molar-refractivity contribution in [2.24, 2.45) is 0 Å². The highest BCUT2D eigenvalue weighted by molar-refractivity contribution is 5.68. The van der Waals surface area contributed by atoms with Gasteiger partial charge in [-0.1, -0.05) is 0 Å². The number of amides is 1. The number of hydrogen-bond acceptors (Lipinski definition) is 3. The molecule has 1 N–H and O–H groups in total. The summed E-state index contributed by atoms with van der Waals surface area (Å²) < 4.78 is 31.1. The van der Waals surface area contributed by atoms with Crippen molar-refractivity contribution in [2.45, 2.75) is 0 Å². The molecule has 0 fully saturated rings. The molecular weight excluding hydrogens is 242 g/mol. The van der Waals surface area contributed by atoms with Crippen LogP contribution in [0.2, 0.25) is 0 Å². The van der Waals surface area contributed by atoms with E-state index in [1.54, 1.807) is 0 Å². The van der Waals surface area contributed by atoms with Crippen LogP contribution in [-0.2, 0) is 4.79 Å². The number of rotatable bonds is 4. The maximum Gasteiger partial charge on any atom is 0.212 e. The second-order valence-electron chi connectivity index (χ2n) is 3.32. The Morgan fingerprint density at radius 1 is 1.22 bits per heavy atom. The van der Waals surface area contributed by atoms with E-state index < -0.39 is 11.6 Å². The largest absolute Gasteiger partial charge is 0.453 e. The number of halogens is 2. The van der Waals surface area contributed by atoms with Gasteiger partial charge in [-0.2, -0.15) is 0 Å². The lowest BCUT2D eigenvalue weighted by Crippen LogP contribution is -1.96. The van der Waals surface area contributed by atoms with E-state index >= 15 is 0 Å². The van der Waals surface area contributed by atoms with Crippen LogP contribution in [0.15, 0.2) is 36.5 Å². The monoisotopic (exact) mass is 250 g/mol. The molecule has 6 heteroatoms. The molecule has 1 aromatic heterocycles. The third-order valence-corrected chi connectivity index (χ3v) is 2.06. The van der Waals surface area contributed by atoms with Gasteiger partial charge in [-0.15, -0.1) is 0 Å². The second kappa shape index (κ2) is 5.22. The Kier molecular flexibility index (Phi) is 3.47. The van der Waals surface area contributed by atoms with Crippen molar-refractivity contribution in [3.63, 3.8) is 0 Å². The minimum absolute atomic E-state index is 0.103. The van der Waals surface area contributed by atoms with Gasteiger partial charge >= 0.3 is 0 Å². The third-order valence-electron chi connectivity index (χ3n) is 2.06. The number of nitrogens with zero attached hydrogens (tertiary/aromatic N) is 1. The van der Waals surface area contributed by atoms with Crippen molar-refractivity contribution in [1.82, 2.24) is 4.98 Å². The summed E-state index contributed by atoms with van der Waals surface area (Å²) in [7, 11) is 0. The minimum atomic E-state index is -0.801. The molecule has 2 aromatic rings. The summed E-state index contributed by atoms with van der Waals surface area (Å²) >= 11 is 0. The molecule has 2 rings (SSSR count). The molecule has 1 aromatic carbocycles. The standard InChI is InChI=1S/C12H8F2N2O2/c13-8-1-3-11(10(14)5-8)18-9-2-4-12(15-6-9)16-7-17/h1-7H,(H,15,16,17). The lowest BCUT2D eigenvalue weighted by atomic mass is 10.3. The van der Waals surface area contributed by atoms with Crippen molar-refractivity contribution in [1.29, 1.82) is 0 Å². The highest BCUT2D eigenvalue weighted by Crippen LogP contribution is 2.24. The molecule has 0 atom stereocenters. The number of benzene rings is 1. The summed E-state index contributed by atoms with van der Waals surface area (Å²) in [5.74, 6) is -0.961. The second-order valence-corrected chi connectivity index (χ2v) is 3.32. The number of carbonyl (C=O) groups is 1. The molecular formula is C12H8F2N2O2. The fourth-order valence-corrected chi connectivity index (χ4v) is 1.27. The number of anilines is 1. The van der Waals surface area contributed by atoms with Gasteiger partial charge < -0.3 is 10.1 Å². The van der Waals surface area contributed by atoms with Crippen LogP contribution in [0.25, 0.3) is 0 Å². The van der Waals surface area contributed by atoms with Crippen LogP contribution >= 0.6 is 0 Å². The lowest BCUT2D eigenvalue weighted by molar-refractivity contribution is -0.105. The van der Waals surface area contributed by atoms with Gasteiger partial charge in [0.2, 0.25) is 6.41 Å². The molecule has 0 unspecified atom stereocenters. The Balaban J connectivity index is 2.15. The molecule has 0 saturated carbocycles. The summed E-state index contributed by atoms with van der Waals surface area (Å²) in [6.45, 7) is 0. The van der Waals surface area contributed by atoms with E-state index in [4.69, 9.17) is 4.74 Å². The minimum Gasteiger partial charge on any atom is -0.453 e. The van der Waals surface area contributed by atoms with Crippen LogP contribution < -0.4 is 10.1 Å². The van der Waals surface area contributed by atoms with Gasteiger partial charge in [0.15, 0.2) is 11.6 Å². The number of carbonyl (C=O) groups excluding carboxylic acids is 1. The normalized spacial score (nSPS) is 9.89. The molecule has 0 saturated heterocycles. The van der Waals surface area contributed by atoms with Crippen LogP contribution in [0.3, 0.4) is 0 Å². The quantitative estimate of drug-likeness (QED) is 0.849. The van der Waals surface area contributed by atoms with E-state index in [1.807, 2.05) is 0 Å². The number of hydrogen-bond donors (Lipinski definition) is 1. The maximum absolute atomic E-state index is 13.3. The smallest absolute Gasteiger partial charge is 0.212 e. The van der Waals surface area contributed by atoms with Crippen LogP contribution in [0.1, 0.15) is 0 Å². The Hall–Kier alpha value is -2.50. The van der Waals surface area contributed by atoms with E-state index in [0.717, 1.165) is 12.1 Å². The fraction of sp³-hybridized carbons (Fsp3) is 0. The van der Waals surface area contributed by atoms with E-state index in [9.17, 15) is 13.6 Å². The van der Waals surface area contributed by atoms with Gasteiger partial charge in [0.05, 0.1) is 6.20 Å². The van der Waals surface area contributed by atoms with Crippen molar-refractivity contribution >= 4 is 12.2 Å². The summed E-state index contributed by atoms with van der Waals surface area (Å²) in [5, 5.41) is 2.35. The Bertz CT molecular complexity index is 559. The van der Waals surface area contributed by atoms with Crippen LogP contribution in [-0.4, -0.2) is 11.4 Å². The molecule has 0 aliphatic heterocycles. The zero-order chi connectivity index (χ0) is 13.0. The highest BCUT2D eigenvalue weighted by atomic mass is 19.1. The third kappa shape index (κ3) is 2.79. The average Bonchev–Trinajstić information content (AvgIpc) is 2.35. The Labute approximate surface area is 101 Å². The van der Waals surface area contributed by atoms with E-state index in [1.165, 1.54) is 24.4 Å². The highest BCUT2D eigenvalue weighted by Gasteiger charge is 2.06. The molecule has 0 radical (unpaired) electrons. The SMILES string of the molecule is O=CNc1ccc(Oc2ccc(F)cc2F)cn1. The molecule has 4 nitrogen and oxygen atoms in total. The van der Waals surface area contributed by atoms with Gasteiger partial charge in [-0.05, 0) is 24.3 Å². The Morgan fingerprint density at radius 3 is 2.67 bits per heavy atom. The maximum atomic E-state index is 13.3. The average molecular weight is 250 g/mol. The molecule has 92 valence electrons. The topological polar surface area (TPSA) is 51.2 Å². The first-order valence-corrected chi connectivity index (χ1v) is 4.98. The van der Waals surface area contributed by atoms with E-state index in [0.29, 0.717) is 12.2 Å². The number of pyridine rings is 1. The van der Waals surface area contributed by atoms with Gasteiger partial charge in [0, 0.05) is 6.07 Å². The molecule has 1 amide bonds.